The second-order valence-corrected chi connectivity index (χ2v) is 6.26. The van der Waals surface area contributed by atoms with E-state index in [4.69, 9.17) is 10.00 Å². The molecule has 0 atom stereocenters. The quantitative estimate of drug-likeness (QED) is 0.652. The van der Waals surface area contributed by atoms with Gasteiger partial charge < -0.3 is 15.4 Å². The monoisotopic (exact) mass is 395 g/mol. The molecule has 1 amide bonds. The molecule has 2 aromatic rings. The SMILES string of the molecule is N#CCSc1ccccc1NC(=O)CNc1ccccc1OCC(F)(F)F. The lowest BCUT2D eigenvalue weighted by Crippen LogP contribution is -2.23. The summed E-state index contributed by atoms with van der Waals surface area (Å²) in [4.78, 5) is 12.9. The number of nitrogens with one attached hydrogen (secondary N) is 2. The molecule has 9 heteroatoms. The van der Waals surface area contributed by atoms with E-state index in [1.807, 2.05) is 6.07 Å². The minimum Gasteiger partial charge on any atom is -0.482 e. The Balaban J connectivity index is 1.96. The Morgan fingerprint density at radius 1 is 1.11 bits per heavy atom. The molecule has 0 fully saturated rings. The fourth-order valence-electron chi connectivity index (χ4n) is 2.07. The summed E-state index contributed by atoms with van der Waals surface area (Å²) in [5, 5.41) is 14.2. The number of alkyl halides is 3. The molecule has 142 valence electrons. The number of nitriles is 1. The van der Waals surface area contributed by atoms with E-state index in [9.17, 15) is 18.0 Å². The zero-order valence-electron chi connectivity index (χ0n) is 14.0. The fraction of sp³-hybridized carbons (Fsp3) is 0.222. The summed E-state index contributed by atoms with van der Waals surface area (Å²) in [5.41, 5.74) is 0.843. The van der Waals surface area contributed by atoms with E-state index >= 15 is 0 Å². The summed E-state index contributed by atoms with van der Waals surface area (Å²) in [6.07, 6.45) is -4.45. The van der Waals surface area contributed by atoms with E-state index in [0.717, 1.165) is 4.90 Å². The number of amides is 1. The number of halogens is 3. The van der Waals surface area contributed by atoms with Crippen LogP contribution in [0.2, 0.25) is 0 Å². The molecule has 0 saturated carbocycles. The minimum absolute atomic E-state index is 0.00704. The van der Waals surface area contributed by atoms with Crippen molar-refractivity contribution < 1.29 is 22.7 Å². The van der Waals surface area contributed by atoms with E-state index in [-0.39, 0.29) is 29.6 Å². The minimum atomic E-state index is -4.45. The van der Waals surface area contributed by atoms with Gasteiger partial charge in [-0.15, -0.1) is 11.8 Å². The first-order valence-corrected chi connectivity index (χ1v) is 8.78. The third-order valence-electron chi connectivity index (χ3n) is 3.17. The number of rotatable bonds is 8. The van der Waals surface area contributed by atoms with E-state index in [0.29, 0.717) is 5.69 Å². The molecule has 0 unspecified atom stereocenters. The Bertz CT molecular complexity index is 822. The maximum atomic E-state index is 12.3. The predicted octanol–water partition coefficient (Wildman–Crippen LogP) is 4.29. The highest BCUT2D eigenvalue weighted by Gasteiger charge is 2.28. The molecule has 0 radical (unpaired) electrons. The molecule has 0 aliphatic heterocycles. The van der Waals surface area contributed by atoms with Crippen LogP contribution in [0.25, 0.3) is 0 Å². The summed E-state index contributed by atoms with van der Waals surface area (Å²) in [7, 11) is 0. The Labute approximate surface area is 158 Å². The molecular weight excluding hydrogens is 379 g/mol. The largest absolute Gasteiger partial charge is 0.482 e. The lowest BCUT2D eigenvalue weighted by atomic mass is 10.3. The van der Waals surface area contributed by atoms with Crippen LogP contribution in [-0.2, 0) is 4.79 Å². The number of para-hydroxylation sites is 3. The van der Waals surface area contributed by atoms with Gasteiger partial charge in [0.25, 0.3) is 0 Å². The number of thioether (sulfide) groups is 1. The Hall–Kier alpha value is -2.86. The smallest absolute Gasteiger partial charge is 0.422 e. The van der Waals surface area contributed by atoms with Gasteiger partial charge in [0.15, 0.2) is 6.61 Å². The van der Waals surface area contributed by atoms with Crippen LogP contribution in [0.4, 0.5) is 24.5 Å². The Morgan fingerprint density at radius 3 is 2.48 bits per heavy atom. The van der Waals surface area contributed by atoms with Gasteiger partial charge in [-0.25, -0.2) is 0 Å². The van der Waals surface area contributed by atoms with Crippen molar-refractivity contribution in [3.63, 3.8) is 0 Å². The topological polar surface area (TPSA) is 74.2 Å². The third kappa shape index (κ3) is 7.11. The van der Waals surface area contributed by atoms with Crippen molar-refractivity contribution in [2.75, 3.05) is 29.5 Å². The highest BCUT2D eigenvalue weighted by atomic mass is 32.2. The standard InChI is InChI=1S/C18H16F3N3O2S/c19-18(20,21)12-26-15-7-3-1-5-13(15)23-11-17(25)24-14-6-2-4-8-16(14)27-10-9-22/h1-8,23H,10-12H2,(H,24,25). The van der Waals surface area contributed by atoms with Gasteiger partial charge in [-0.3, -0.25) is 4.79 Å². The van der Waals surface area contributed by atoms with Crippen LogP contribution in [0.5, 0.6) is 5.75 Å². The molecule has 0 heterocycles. The Morgan fingerprint density at radius 2 is 1.78 bits per heavy atom. The molecule has 0 aliphatic rings. The van der Waals surface area contributed by atoms with Crippen molar-refractivity contribution in [2.45, 2.75) is 11.1 Å². The summed E-state index contributed by atoms with van der Waals surface area (Å²) < 4.78 is 41.7. The van der Waals surface area contributed by atoms with Crippen LogP contribution in [0.1, 0.15) is 0 Å². The van der Waals surface area contributed by atoms with Gasteiger partial charge in [0.2, 0.25) is 5.91 Å². The van der Waals surface area contributed by atoms with Crippen molar-refractivity contribution in [2.24, 2.45) is 0 Å². The Kier molecular flexibility index (Phi) is 7.37. The number of carbonyl (C=O) groups excluding carboxylic acids is 1. The molecule has 0 bridgehead atoms. The third-order valence-corrected chi connectivity index (χ3v) is 4.11. The molecule has 27 heavy (non-hydrogen) atoms. The average Bonchev–Trinajstić information content (AvgIpc) is 2.64. The van der Waals surface area contributed by atoms with Crippen LogP contribution in [0.15, 0.2) is 53.4 Å². The molecule has 0 aromatic heterocycles. The van der Waals surface area contributed by atoms with E-state index in [1.54, 1.807) is 36.4 Å². The number of hydrogen-bond donors (Lipinski definition) is 2. The van der Waals surface area contributed by atoms with Crippen LogP contribution < -0.4 is 15.4 Å². The van der Waals surface area contributed by atoms with E-state index in [2.05, 4.69) is 10.6 Å². The first-order valence-electron chi connectivity index (χ1n) is 7.80. The van der Waals surface area contributed by atoms with Crippen molar-refractivity contribution >= 4 is 29.0 Å². The van der Waals surface area contributed by atoms with Gasteiger partial charge in [-0.1, -0.05) is 24.3 Å². The van der Waals surface area contributed by atoms with E-state index < -0.39 is 12.8 Å². The zero-order chi connectivity index (χ0) is 19.7. The fourth-order valence-corrected chi connectivity index (χ4v) is 2.74. The number of carbonyl (C=O) groups is 1. The van der Waals surface area contributed by atoms with Gasteiger partial charge in [-0.2, -0.15) is 18.4 Å². The molecule has 2 aromatic carbocycles. The summed E-state index contributed by atoms with van der Waals surface area (Å²) >= 11 is 1.29. The average molecular weight is 395 g/mol. The van der Waals surface area contributed by atoms with Crippen molar-refractivity contribution in [1.82, 2.24) is 0 Å². The second-order valence-electron chi connectivity index (χ2n) is 5.24. The van der Waals surface area contributed by atoms with Crippen LogP contribution in [-0.4, -0.2) is 31.0 Å². The summed E-state index contributed by atoms with van der Waals surface area (Å²) in [5.74, 6) is -0.132. The highest BCUT2D eigenvalue weighted by molar-refractivity contribution is 7.99. The van der Waals surface area contributed by atoms with Gasteiger partial charge in [0.1, 0.15) is 5.75 Å². The lowest BCUT2D eigenvalue weighted by molar-refractivity contribution is -0.153. The predicted molar refractivity (Wildman–Crippen MR) is 97.9 cm³/mol. The van der Waals surface area contributed by atoms with E-state index in [1.165, 1.54) is 23.9 Å². The van der Waals surface area contributed by atoms with Crippen molar-refractivity contribution in [1.29, 1.82) is 5.26 Å². The first-order chi connectivity index (χ1) is 12.9. The van der Waals surface area contributed by atoms with Gasteiger partial charge in [0, 0.05) is 4.90 Å². The molecule has 0 saturated heterocycles. The molecule has 0 spiro atoms. The second kappa shape index (κ2) is 9.73. The van der Waals surface area contributed by atoms with Crippen LogP contribution in [0.3, 0.4) is 0 Å². The maximum Gasteiger partial charge on any atom is 0.422 e. The van der Waals surface area contributed by atoms with Gasteiger partial charge >= 0.3 is 6.18 Å². The lowest BCUT2D eigenvalue weighted by Gasteiger charge is -2.15. The zero-order valence-corrected chi connectivity index (χ0v) is 14.9. The number of ether oxygens (including phenoxy) is 1. The number of hydrogen-bond acceptors (Lipinski definition) is 5. The molecule has 2 N–H and O–H groups in total. The first kappa shape index (κ1) is 20.5. The summed E-state index contributed by atoms with van der Waals surface area (Å²) in [6.45, 7) is -1.58. The summed E-state index contributed by atoms with van der Waals surface area (Å²) in [6, 6.07) is 15.1. The molecular formula is C18H16F3N3O2S. The van der Waals surface area contributed by atoms with Gasteiger partial charge in [0.05, 0.1) is 29.7 Å². The maximum absolute atomic E-state index is 12.3. The number of benzene rings is 2. The highest BCUT2D eigenvalue weighted by Crippen LogP contribution is 2.28. The van der Waals surface area contributed by atoms with Crippen LogP contribution in [0, 0.1) is 11.3 Å². The number of anilines is 2. The molecule has 0 aliphatic carbocycles. The molecule has 2 rings (SSSR count). The molecule has 5 nitrogen and oxygen atoms in total. The normalized spacial score (nSPS) is 10.7. The van der Waals surface area contributed by atoms with Crippen molar-refractivity contribution in [3.05, 3.63) is 48.5 Å². The van der Waals surface area contributed by atoms with Crippen molar-refractivity contribution in [3.8, 4) is 11.8 Å². The van der Waals surface area contributed by atoms with Gasteiger partial charge in [-0.05, 0) is 24.3 Å². The van der Waals surface area contributed by atoms with Crippen LogP contribution >= 0.6 is 11.8 Å². The number of nitrogens with zero attached hydrogens (tertiary/aromatic N) is 1.